The van der Waals surface area contributed by atoms with E-state index >= 15 is 0 Å². The number of nitrogens with one attached hydrogen (secondary N) is 1. The van der Waals surface area contributed by atoms with E-state index in [-0.39, 0.29) is 42.1 Å². The maximum Gasteiger partial charge on any atom is 0.412 e. The van der Waals surface area contributed by atoms with E-state index in [1.165, 1.54) is 77.0 Å². The number of nitrogens with zero attached hydrogens (tertiary/aromatic N) is 1. The SMILES string of the molecule is C=CCOC12Oc3ccc(OC(=O)NCCCCCCCCCCCC)cc3C3C(CCCCO)C(CCCCO)C=C(C(=NOC(C)(C)C)CC1SC1CCCC1)C32. The maximum atomic E-state index is 13.2. The van der Waals surface area contributed by atoms with E-state index in [9.17, 15) is 15.0 Å². The summed E-state index contributed by atoms with van der Waals surface area (Å²) < 4.78 is 20.4. The summed E-state index contributed by atoms with van der Waals surface area (Å²) in [5.74, 6) is 0.374. The summed E-state index contributed by atoms with van der Waals surface area (Å²) in [6, 6.07) is 5.86. The Morgan fingerprint density at radius 2 is 1.64 bits per heavy atom. The van der Waals surface area contributed by atoms with E-state index < -0.39 is 17.5 Å². The smallest absolute Gasteiger partial charge is 0.412 e. The van der Waals surface area contributed by atoms with Gasteiger partial charge in [0.25, 0.3) is 0 Å². The Hall–Kier alpha value is -2.53. The van der Waals surface area contributed by atoms with Crippen LogP contribution in [-0.4, -0.2) is 70.3 Å². The summed E-state index contributed by atoms with van der Waals surface area (Å²) in [7, 11) is 0. The first kappa shape index (κ1) is 47.5. The van der Waals surface area contributed by atoms with Crippen molar-refractivity contribution in [3.05, 3.63) is 48.1 Å². The third-order valence-corrected chi connectivity index (χ3v) is 14.4. The third-order valence-electron chi connectivity index (χ3n) is 12.7. The van der Waals surface area contributed by atoms with Gasteiger partial charge in [-0.25, -0.2) is 4.79 Å². The average molecular weight is 839 g/mol. The Morgan fingerprint density at radius 1 is 0.966 bits per heavy atom. The van der Waals surface area contributed by atoms with Crippen LogP contribution >= 0.6 is 11.8 Å². The van der Waals surface area contributed by atoms with Crippen molar-refractivity contribution in [2.75, 3.05) is 26.4 Å². The van der Waals surface area contributed by atoms with Crippen LogP contribution in [0.4, 0.5) is 4.79 Å². The zero-order chi connectivity index (χ0) is 42.1. The second-order valence-electron chi connectivity index (χ2n) is 18.5. The Labute approximate surface area is 360 Å². The standard InChI is InChI=1S/C49H78N2O7S/c1-6-8-9-10-11-12-13-14-15-20-29-50-47(54)56-37-27-28-43-41(34-37)45-39(26-19-22-31-53)36(23-18-21-30-52)33-40-42(51-58-48(3,4)5)35-44(59-38-24-16-17-25-38)49(57-43,46(40)45)55-32-7-2/h7,27-28,33-34,36,38-39,44-46,52-53H,2,6,8-26,29-32,35H2,1,3-5H3,(H,50,54). The maximum absolute atomic E-state index is 13.2. The van der Waals surface area contributed by atoms with Crippen LogP contribution in [0.5, 0.6) is 11.5 Å². The molecule has 1 aromatic carbocycles. The van der Waals surface area contributed by atoms with E-state index in [0.717, 1.165) is 74.0 Å². The second-order valence-corrected chi connectivity index (χ2v) is 20.0. The molecule has 3 aliphatic carbocycles. The molecule has 0 saturated heterocycles. The molecule has 1 aliphatic heterocycles. The van der Waals surface area contributed by atoms with Crippen molar-refractivity contribution in [1.29, 1.82) is 0 Å². The molecule has 6 unspecified atom stereocenters. The van der Waals surface area contributed by atoms with Gasteiger partial charge in [-0.2, -0.15) is 0 Å². The molecule has 2 saturated carbocycles. The van der Waals surface area contributed by atoms with Crippen molar-refractivity contribution >= 4 is 23.6 Å². The van der Waals surface area contributed by atoms with Gasteiger partial charge in [-0.3, -0.25) is 0 Å². The molecule has 0 radical (unpaired) electrons. The summed E-state index contributed by atoms with van der Waals surface area (Å²) in [5, 5.41) is 28.2. The summed E-state index contributed by atoms with van der Waals surface area (Å²) in [5.41, 5.74) is 2.62. The fourth-order valence-corrected chi connectivity index (χ4v) is 11.7. The minimum atomic E-state index is -0.994. The number of benzene rings is 1. The number of aliphatic hydroxyl groups is 2. The molecule has 0 bridgehead atoms. The molecule has 1 amide bonds. The lowest BCUT2D eigenvalue weighted by Gasteiger charge is -2.58. The predicted octanol–water partition coefficient (Wildman–Crippen LogP) is 11.8. The van der Waals surface area contributed by atoms with E-state index in [1.54, 1.807) is 0 Å². The normalized spacial score (nSPS) is 25.8. The lowest BCUT2D eigenvalue weighted by atomic mass is 9.56. The summed E-state index contributed by atoms with van der Waals surface area (Å²) in [6.45, 7) is 13.7. The molecular weight excluding hydrogens is 761 g/mol. The Kier molecular flexibility index (Phi) is 19.5. The van der Waals surface area contributed by atoms with Gasteiger partial charge >= 0.3 is 6.09 Å². The number of amides is 1. The summed E-state index contributed by atoms with van der Waals surface area (Å²) in [4.78, 5) is 19.5. The van der Waals surface area contributed by atoms with Crippen LogP contribution in [0.15, 0.2) is 47.7 Å². The lowest BCUT2D eigenvalue weighted by Crippen LogP contribution is -2.64. The van der Waals surface area contributed by atoms with Crippen LogP contribution in [0.1, 0.15) is 174 Å². The molecule has 1 aromatic rings. The van der Waals surface area contributed by atoms with E-state index in [2.05, 4.69) is 24.9 Å². The minimum absolute atomic E-state index is 0.0496. The number of ether oxygens (including phenoxy) is 3. The zero-order valence-electron chi connectivity index (χ0n) is 37.0. The van der Waals surface area contributed by atoms with E-state index in [0.29, 0.717) is 30.6 Å². The molecule has 5 rings (SSSR count). The zero-order valence-corrected chi connectivity index (χ0v) is 37.8. The number of oxime groups is 1. The molecule has 6 atom stereocenters. The number of carbonyl (C=O) groups excluding carboxylic acids is 1. The van der Waals surface area contributed by atoms with Gasteiger partial charge in [0.1, 0.15) is 17.1 Å². The summed E-state index contributed by atoms with van der Waals surface area (Å²) >= 11 is 2.00. The van der Waals surface area contributed by atoms with Crippen molar-refractivity contribution in [2.45, 2.75) is 190 Å². The highest BCUT2D eigenvalue weighted by Gasteiger charge is 2.64. The van der Waals surface area contributed by atoms with Crippen LogP contribution in [0.3, 0.4) is 0 Å². The quantitative estimate of drug-likeness (QED) is 0.0479. The molecule has 9 nitrogen and oxygen atoms in total. The molecule has 10 heteroatoms. The van der Waals surface area contributed by atoms with Crippen LogP contribution in [-0.2, 0) is 9.57 Å². The van der Waals surface area contributed by atoms with Gasteiger partial charge in [-0.1, -0.05) is 108 Å². The monoisotopic (exact) mass is 839 g/mol. The van der Waals surface area contributed by atoms with E-state index in [4.69, 9.17) is 24.2 Å². The first-order valence-corrected chi connectivity index (χ1v) is 24.5. The number of fused-ring (bicyclic) bond motifs is 2. The van der Waals surface area contributed by atoms with Crippen molar-refractivity contribution in [3.8, 4) is 11.5 Å². The number of carbonyl (C=O) groups is 1. The fourth-order valence-electron chi connectivity index (χ4n) is 9.90. The van der Waals surface area contributed by atoms with Gasteiger partial charge in [-0.15, -0.1) is 18.3 Å². The molecule has 3 N–H and O–H groups in total. The topological polar surface area (TPSA) is 119 Å². The largest absolute Gasteiger partial charge is 0.460 e. The average Bonchev–Trinajstić information content (AvgIpc) is 3.73. The van der Waals surface area contributed by atoms with Gasteiger partial charge in [0, 0.05) is 42.9 Å². The van der Waals surface area contributed by atoms with Gasteiger partial charge in [0.15, 0.2) is 0 Å². The number of hydrogen-bond donors (Lipinski definition) is 3. The van der Waals surface area contributed by atoms with Gasteiger partial charge < -0.3 is 34.6 Å². The van der Waals surface area contributed by atoms with Crippen LogP contribution < -0.4 is 14.8 Å². The molecular formula is C49H78N2O7S. The second kappa shape index (κ2) is 24.2. The molecule has 0 spiro atoms. The number of aliphatic hydroxyl groups excluding tert-OH is 2. The Balaban J connectivity index is 1.47. The number of hydrogen-bond acceptors (Lipinski definition) is 9. The number of thioether (sulfide) groups is 1. The molecule has 4 aliphatic rings. The van der Waals surface area contributed by atoms with Crippen molar-refractivity contribution < 1.29 is 34.1 Å². The first-order chi connectivity index (χ1) is 28.6. The number of unbranched alkanes of at least 4 members (excludes halogenated alkanes) is 11. The highest BCUT2D eigenvalue weighted by atomic mass is 32.2. The fraction of sp³-hybridized carbons (Fsp3) is 0.755. The molecule has 2 fully saturated rings. The Bertz CT molecular complexity index is 1500. The third kappa shape index (κ3) is 13.5. The summed E-state index contributed by atoms with van der Waals surface area (Å²) in [6.07, 6.45) is 26.8. The van der Waals surface area contributed by atoms with Gasteiger partial charge in [-0.05, 0) is 101 Å². The van der Waals surface area contributed by atoms with Crippen LogP contribution in [0.25, 0.3) is 0 Å². The molecule has 0 aromatic heterocycles. The highest BCUT2D eigenvalue weighted by molar-refractivity contribution is 8.00. The lowest BCUT2D eigenvalue weighted by molar-refractivity contribution is -0.223. The van der Waals surface area contributed by atoms with E-state index in [1.807, 2.05) is 56.8 Å². The molecule has 1 heterocycles. The molecule has 332 valence electrons. The van der Waals surface area contributed by atoms with Crippen molar-refractivity contribution in [2.24, 2.45) is 22.9 Å². The van der Waals surface area contributed by atoms with Gasteiger partial charge in [0.05, 0.1) is 23.5 Å². The first-order valence-electron chi connectivity index (χ1n) is 23.5. The van der Waals surface area contributed by atoms with Crippen molar-refractivity contribution in [3.63, 3.8) is 0 Å². The van der Waals surface area contributed by atoms with Crippen molar-refractivity contribution in [1.82, 2.24) is 5.32 Å². The van der Waals surface area contributed by atoms with Gasteiger partial charge in [0.2, 0.25) is 5.79 Å². The minimum Gasteiger partial charge on any atom is -0.460 e. The molecule has 59 heavy (non-hydrogen) atoms. The highest BCUT2D eigenvalue weighted by Crippen LogP contribution is 2.63. The Morgan fingerprint density at radius 3 is 2.31 bits per heavy atom. The van der Waals surface area contributed by atoms with Crippen LogP contribution in [0, 0.1) is 17.8 Å². The number of allylic oxidation sites excluding steroid dienone is 1. The number of rotatable bonds is 26. The van der Waals surface area contributed by atoms with Crippen LogP contribution in [0.2, 0.25) is 0 Å². The predicted molar refractivity (Wildman–Crippen MR) is 242 cm³/mol.